The fraction of sp³-hybridized carbons (Fsp3) is 0.500. The number of rotatable bonds is 10. The van der Waals surface area contributed by atoms with Crippen molar-refractivity contribution in [2.45, 2.75) is 66.8 Å². The second-order valence-electron chi connectivity index (χ2n) is 11.4. The van der Waals surface area contributed by atoms with Crippen LogP contribution in [0.3, 0.4) is 0 Å². The summed E-state index contributed by atoms with van der Waals surface area (Å²) >= 11 is 0. The maximum absolute atomic E-state index is 10.1. The van der Waals surface area contributed by atoms with Crippen molar-refractivity contribution in [3.8, 4) is 5.75 Å². The highest BCUT2D eigenvalue weighted by Crippen LogP contribution is 2.28. The SMILES string of the molecule is CC(=N)N(C(=N)c1ccc(O)c(C(C)C)c1)c1ccc(CN2CCN(C)CC2)cc1.CC(C)CCC=O.CCNC=O.O=CO. The molecule has 3 rings (SSSR count). The lowest BCUT2D eigenvalue weighted by Gasteiger charge is -2.32. The molecule has 1 aliphatic rings. The van der Waals surface area contributed by atoms with Crippen LogP contribution in [0.2, 0.25) is 0 Å². The number of phenols is 1. The lowest BCUT2D eigenvalue weighted by molar-refractivity contribution is -0.123. The number of aldehydes is 1. The highest BCUT2D eigenvalue weighted by atomic mass is 16.3. The van der Waals surface area contributed by atoms with E-state index in [1.807, 2.05) is 39.0 Å². The summed E-state index contributed by atoms with van der Waals surface area (Å²) in [6.45, 7) is 17.6. The van der Waals surface area contributed by atoms with Gasteiger partial charge in [0.15, 0.2) is 0 Å². The van der Waals surface area contributed by atoms with Gasteiger partial charge in [0.25, 0.3) is 6.47 Å². The molecule has 11 nitrogen and oxygen atoms in total. The zero-order valence-electron chi connectivity index (χ0n) is 28.0. The normalized spacial score (nSPS) is 12.7. The van der Waals surface area contributed by atoms with Crippen LogP contribution in [0.25, 0.3) is 0 Å². The Morgan fingerprint density at radius 2 is 1.58 bits per heavy atom. The molecule has 0 bridgehead atoms. The summed E-state index contributed by atoms with van der Waals surface area (Å²) in [5.74, 6) is 1.58. The summed E-state index contributed by atoms with van der Waals surface area (Å²) in [5, 5.41) is 36.4. The molecule has 1 heterocycles. The fourth-order valence-electron chi connectivity index (χ4n) is 4.28. The first-order valence-corrected chi connectivity index (χ1v) is 15.3. The predicted molar refractivity (Wildman–Crippen MR) is 183 cm³/mol. The van der Waals surface area contributed by atoms with E-state index in [0.717, 1.165) is 69.6 Å². The molecular weight excluding hydrogens is 572 g/mol. The number of carboxylic acid groups (broad SMARTS) is 1. The number of hydrogen-bond acceptors (Lipinski definition) is 8. The third kappa shape index (κ3) is 16.5. The van der Waals surface area contributed by atoms with E-state index >= 15 is 0 Å². The first-order valence-electron chi connectivity index (χ1n) is 15.3. The van der Waals surface area contributed by atoms with Gasteiger partial charge in [-0.25, -0.2) is 0 Å². The average molecular weight is 627 g/mol. The van der Waals surface area contributed by atoms with Crippen LogP contribution < -0.4 is 10.2 Å². The zero-order chi connectivity index (χ0) is 34.4. The number of nitrogens with one attached hydrogen (secondary N) is 3. The number of phenolic OH excluding ortho intramolecular Hbond substituents is 1. The molecule has 45 heavy (non-hydrogen) atoms. The van der Waals surface area contributed by atoms with Gasteiger partial charge < -0.3 is 25.2 Å². The van der Waals surface area contributed by atoms with E-state index < -0.39 is 0 Å². The van der Waals surface area contributed by atoms with Gasteiger partial charge in [0.2, 0.25) is 6.41 Å². The Morgan fingerprint density at radius 1 is 1.00 bits per heavy atom. The van der Waals surface area contributed by atoms with E-state index in [1.165, 1.54) is 5.56 Å². The van der Waals surface area contributed by atoms with Gasteiger partial charge in [-0.05, 0) is 80.6 Å². The van der Waals surface area contributed by atoms with Gasteiger partial charge >= 0.3 is 0 Å². The smallest absolute Gasteiger partial charge is 0.290 e. The Morgan fingerprint density at radius 3 is 1.98 bits per heavy atom. The summed E-state index contributed by atoms with van der Waals surface area (Å²) in [4.78, 5) is 33.8. The summed E-state index contributed by atoms with van der Waals surface area (Å²) in [7, 11) is 2.16. The molecular formula is C34H54N6O5. The second kappa shape index (κ2) is 23.3. The van der Waals surface area contributed by atoms with Crippen LogP contribution in [0.1, 0.15) is 77.0 Å². The van der Waals surface area contributed by atoms with Gasteiger partial charge in [-0.2, -0.15) is 0 Å². The van der Waals surface area contributed by atoms with Crippen LogP contribution in [-0.2, 0) is 20.9 Å². The minimum Gasteiger partial charge on any atom is -0.508 e. The molecule has 11 heteroatoms. The maximum atomic E-state index is 10.1. The maximum Gasteiger partial charge on any atom is 0.290 e. The van der Waals surface area contributed by atoms with E-state index in [1.54, 1.807) is 24.0 Å². The molecule has 250 valence electrons. The summed E-state index contributed by atoms with van der Waals surface area (Å²) in [6.07, 6.45) is 3.40. The van der Waals surface area contributed by atoms with Crippen molar-refractivity contribution in [1.82, 2.24) is 15.1 Å². The average Bonchev–Trinajstić information content (AvgIpc) is 2.99. The molecule has 0 spiro atoms. The van der Waals surface area contributed by atoms with Gasteiger partial charge in [-0.1, -0.05) is 39.8 Å². The monoisotopic (exact) mass is 626 g/mol. The third-order valence-electron chi connectivity index (χ3n) is 6.83. The second-order valence-corrected chi connectivity index (χ2v) is 11.4. The first-order chi connectivity index (χ1) is 21.4. The highest BCUT2D eigenvalue weighted by Gasteiger charge is 2.19. The van der Waals surface area contributed by atoms with Crippen molar-refractivity contribution in [3.63, 3.8) is 0 Å². The first kappa shape index (κ1) is 40.9. The van der Waals surface area contributed by atoms with Crippen molar-refractivity contribution in [3.05, 3.63) is 59.2 Å². The van der Waals surface area contributed by atoms with Crippen LogP contribution in [-0.4, -0.2) is 90.6 Å². The summed E-state index contributed by atoms with van der Waals surface area (Å²) in [6, 6.07) is 13.4. The van der Waals surface area contributed by atoms with Gasteiger partial charge in [-0.3, -0.25) is 30.2 Å². The topological polar surface area (TPSA) is 161 Å². The van der Waals surface area contributed by atoms with Crippen LogP contribution in [0.15, 0.2) is 42.5 Å². The third-order valence-corrected chi connectivity index (χ3v) is 6.83. The number of aromatic hydroxyl groups is 1. The number of amides is 1. The minimum atomic E-state index is -0.250. The molecule has 0 radical (unpaired) electrons. The zero-order valence-corrected chi connectivity index (χ0v) is 28.0. The van der Waals surface area contributed by atoms with Crippen LogP contribution in [0.4, 0.5) is 5.69 Å². The number of anilines is 1. The van der Waals surface area contributed by atoms with E-state index in [-0.39, 0.29) is 29.8 Å². The molecule has 0 atom stereocenters. The van der Waals surface area contributed by atoms with Crippen molar-refractivity contribution < 1.29 is 24.6 Å². The number of benzene rings is 2. The summed E-state index contributed by atoms with van der Waals surface area (Å²) in [5.41, 5.74) is 3.53. The molecule has 1 aliphatic heterocycles. The highest BCUT2D eigenvalue weighted by molar-refractivity contribution is 6.22. The largest absolute Gasteiger partial charge is 0.508 e. The number of amidine groups is 2. The van der Waals surface area contributed by atoms with Crippen molar-refractivity contribution in [2.75, 3.05) is 44.7 Å². The molecule has 0 aromatic heterocycles. The number of carbonyl (C=O) groups is 3. The molecule has 0 unspecified atom stereocenters. The Kier molecular flexibility index (Phi) is 21.2. The predicted octanol–water partition coefficient (Wildman–Crippen LogP) is 5.17. The standard InChI is InChI=1S/C24H33N5O.C6H12O.C3H7NO.CH2O2/c1-17(2)22-15-20(7-10-23(22)30)24(26)29(18(3)25)21-8-5-19(6-9-21)16-28-13-11-27(4)12-14-28;1-6(2)4-3-5-7;1-2-4-3-5;2-1-3/h5-10,15,17,25-26,30H,11-14,16H2,1-4H3;5-6H,3-4H2,1-2H3;3H,2H2,1H3,(H,4,5);1H,(H,2,3). The molecule has 1 fully saturated rings. The number of nitrogens with zero attached hydrogens (tertiary/aromatic N) is 3. The van der Waals surface area contributed by atoms with E-state index in [9.17, 15) is 14.7 Å². The van der Waals surface area contributed by atoms with Gasteiger partial charge in [-0.15, -0.1) is 0 Å². The molecule has 1 amide bonds. The molecule has 0 saturated carbocycles. The number of hydrogen-bond donors (Lipinski definition) is 5. The molecule has 2 aromatic rings. The van der Waals surface area contributed by atoms with E-state index in [2.05, 4.69) is 48.1 Å². The Balaban J connectivity index is 0.00000107. The van der Waals surface area contributed by atoms with Gasteiger partial charge in [0.05, 0.1) is 0 Å². The Labute approximate surface area is 269 Å². The van der Waals surface area contributed by atoms with Crippen LogP contribution >= 0.6 is 0 Å². The van der Waals surface area contributed by atoms with Crippen LogP contribution in [0.5, 0.6) is 5.75 Å². The summed E-state index contributed by atoms with van der Waals surface area (Å²) < 4.78 is 0. The van der Waals surface area contributed by atoms with Crippen molar-refractivity contribution >= 4 is 36.5 Å². The molecule has 5 N–H and O–H groups in total. The quantitative estimate of drug-likeness (QED) is 0.137. The lowest BCUT2D eigenvalue weighted by atomic mass is 9.99. The molecule has 2 aromatic carbocycles. The fourth-order valence-corrected chi connectivity index (χ4v) is 4.28. The van der Waals surface area contributed by atoms with E-state index in [0.29, 0.717) is 17.9 Å². The number of carbonyl (C=O) groups excluding carboxylic acids is 2. The van der Waals surface area contributed by atoms with Gasteiger partial charge in [0, 0.05) is 56.9 Å². The Bertz CT molecular complexity index is 1160. The Hall–Kier alpha value is -4.09. The molecule has 0 aliphatic carbocycles. The number of likely N-dealkylation sites (N-methyl/N-ethyl adjacent to an activating group) is 1. The van der Waals surface area contributed by atoms with Gasteiger partial charge in [0.1, 0.15) is 23.7 Å². The van der Waals surface area contributed by atoms with E-state index in [4.69, 9.17) is 20.7 Å². The number of piperazine rings is 1. The van der Waals surface area contributed by atoms with Crippen molar-refractivity contribution in [1.29, 1.82) is 10.8 Å². The molecule has 1 saturated heterocycles. The van der Waals surface area contributed by atoms with Crippen molar-refractivity contribution in [2.24, 2.45) is 5.92 Å². The van der Waals surface area contributed by atoms with Crippen LogP contribution in [0, 0.1) is 16.7 Å². The lowest BCUT2D eigenvalue weighted by Crippen LogP contribution is -2.43. The minimum absolute atomic E-state index is 0.154.